The van der Waals surface area contributed by atoms with E-state index in [-0.39, 0.29) is 9.92 Å². The molecule has 6 nitrogen and oxygen atoms in total. The molecule has 8 heteroatoms. The van der Waals surface area contributed by atoms with Crippen molar-refractivity contribution in [2.75, 3.05) is 18.4 Å². The van der Waals surface area contributed by atoms with Crippen molar-refractivity contribution in [3.63, 3.8) is 0 Å². The highest BCUT2D eigenvalue weighted by Crippen LogP contribution is 2.29. The van der Waals surface area contributed by atoms with Gasteiger partial charge in [-0.15, -0.1) is 0 Å². The molecular weight excluding hydrogens is 376 g/mol. The fourth-order valence-corrected chi connectivity index (χ4v) is 4.77. The van der Waals surface area contributed by atoms with Crippen LogP contribution in [0.15, 0.2) is 52.0 Å². The van der Waals surface area contributed by atoms with Gasteiger partial charge in [0, 0.05) is 24.9 Å². The third-order valence-corrected chi connectivity index (χ3v) is 6.45. The maximum Gasteiger partial charge on any atom is 0.248 e. The molecule has 1 fully saturated rings. The van der Waals surface area contributed by atoms with E-state index >= 15 is 0 Å². The fraction of sp³-hybridized carbons (Fsp3) is 0.278. The molecule has 3 rings (SSSR count). The first-order chi connectivity index (χ1) is 12.5. The summed E-state index contributed by atoms with van der Waals surface area (Å²) in [6, 6.07) is 7.87. The van der Waals surface area contributed by atoms with Gasteiger partial charge in [0.25, 0.3) is 0 Å². The van der Waals surface area contributed by atoms with Crippen LogP contribution < -0.4 is 5.32 Å². The minimum atomic E-state index is -3.68. The molecule has 1 aliphatic heterocycles. The Morgan fingerprint density at radius 1 is 1.19 bits per heavy atom. The summed E-state index contributed by atoms with van der Waals surface area (Å²) in [4.78, 5) is 12.0. The van der Waals surface area contributed by atoms with E-state index in [9.17, 15) is 13.2 Å². The van der Waals surface area contributed by atoms with Gasteiger partial charge in [0.2, 0.25) is 15.9 Å². The molecule has 2 heterocycles. The van der Waals surface area contributed by atoms with Crippen LogP contribution in [0.1, 0.15) is 25.0 Å². The monoisotopic (exact) mass is 394 g/mol. The molecule has 138 valence electrons. The molecule has 1 aromatic carbocycles. The minimum Gasteiger partial charge on any atom is -0.465 e. The average Bonchev–Trinajstić information content (AvgIpc) is 3.16. The van der Waals surface area contributed by atoms with E-state index in [0.717, 1.165) is 19.3 Å². The van der Waals surface area contributed by atoms with Crippen LogP contribution in [0.3, 0.4) is 0 Å². The topological polar surface area (TPSA) is 79.6 Å². The number of carbonyl (C=O) groups excluding carboxylic acids is 1. The number of halogens is 1. The zero-order valence-corrected chi connectivity index (χ0v) is 15.6. The number of anilines is 1. The van der Waals surface area contributed by atoms with Crippen molar-refractivity contribution in [3.8, 4) is 0 Å². The second-order valence-corrected chi connectivity index (χ2v) is 8.26. The summed E-state index contributed by atoms with van der Waals surface area (Å²) in [5.74, 6) is 0.148. The van der Waals surface area contributed by atoms with Crippen LogP contribution in [0.2, 0.25) is 5.02 Å². The summed E-state index contributed by atoms with van der Waals surface area (Å²) in [7, 11) is -3.68. The normalized spacial score (nSPS) is 16.0. The van der Waals surface area contributed by atoms with Gasteiger partial charge in [-0.2, -0.15) is 4.31 Å². The number of furan rings is 1. The van der Waals surface area contributed by atoms with Crippen molar-refractivity contribution in [2.24, 2.45) is 0 Å². The Morgan fingerprint density at radius 3 is 2.65 bits per heavy atom. The molecule has 0 atom stereocenters. The van der Waals surface area contributed by atoms with Crippen LogP contribution in [-0.2, 0) is 14.8 Å². The summed E-state index contributed by atoms with van der Waals surface area (Å²) < 4.78 is 32.2. The summed E-state index contributed by atoms with van der Waals surface area (Å²) >= 11 is 6.12. The van der Waals surface area contributed by atoms with Gasteiger partial charge in [-0.25, -0.2) is 8.42 Å². The number of benzene rings is 1. The van der Waals surface area contributed by atoms with E-state index in [1.165, 1.54) is 34.9 Å². The fourth-order valence-electron chi connectivity index (χ4n) is 2.75. The summed E-state index contributed by atoms with van der Waals surface area (Å²) in [6.45, 7) is 0.974. The maximum atomic E-state index is 12.8. The van der Waals surface area contributed by atoms with Crippen molar-refractivity contribution >= 4 is 39.3 Å². The van der Waals surface area contributed by atoms with Crippen molar-refractivity contribution in [3.05, 3.63) is 53.5 Å². The number of piperidine rings is 1. The molecule has 0 aliphatic carbocycles. The smallest absolute Gasteiger partial charge is 0.248 e. The highest BCUT2D eigenvalue weighted by Gasteiger charge is 2.28. The van der Waals surface area contributed by atoms with Crippen molar-refractivity contribution in [1.82, 2.24) is 4.31 Å². The van der Waals surface area contributed by atoms with E-state index in [1.807, 2.05) is 0 Å². The van der Waals surface area contributed by atoms with Crippen molar-refractivity contribution in [1.29, 1.82) is 0 Å². The molecule has 0 radical (unpaired) electrons. The van der Waals surface area contributed by atoms with Gasteiger partial charge in [-0.1, -0.05) is 18.0 Å². The summed E-state index contributed by atoms with van der Waals surface area (Å²) in [5, 5.41) is 2.78. The van der Waals surface area contributed by atoms with E-state index in [0.29, 0.717) is 24.5 Å². The third-order valence-electron chi connectivity index (χ3n) is 4.07. The molecule has 0 saturated carbocycles. The molecular formula is C18H19ClN2O4S. The summed E-state index contributed by atoms with van der Waals surface area (Å²) in [5.41, 5.74) is 0.360. The Bertz CT molecular complexity index is 901. The van der Waals surface area contributed by atoms with E-state index in [4.69, 9.17) is 16.0 Å². The zero-order chi connectivity index (χ0) is 18.6. The van der Waals surface area contributed by atoms with Crippen LogP contribution in [-0.4, -0.2) is 31.7 Å². The number of sulfonamides is 1. The van der Waals surface area contributed by atoms with Crippen LogP contribution in [0.5, 0.6) is 0 Å². The van der Waals surface area contributed by atoms with Crippen molar-refractivity contribution in [2.45, 2.75) is 24.2 Å². The Morgan fingerprint density at radius 2 is 1.96 bits per heavy atom. The predicted octanol–water partition coefficient (Wildman–Crippen LogP) is 3.76. The summed E-state index contributed by atoms with van der Waals surface area (Å²) in [6.07, 6.45) is 7.05. The number of carbonyl (C=O) groups is 1. The lowest BCUT2D eigenvalue weighted by atomic mass is 10.2. The third kappa shape index (κ3) is 4.35. The lowest BCUT2D eigenvalue weighted by Gasteiger charge is -2.26. The molecule has 1 amide bonds. The van der Waals surface area contributed by atoms with Crippen molar-refractivity contribution < 1.29 is 17.6 Å². The molecule has 1 aliphatic rings. The molecule has 0 unspecified atom stereocenters. The Hall–Kier alpha value is -2.09. The van der Waals surface area contributed by atoms with Gasteiger partial charge in [0.1, 0.15) is 10.7 Å². The second-order valence-electron chi connectivity index (χ2n) is 5.95. The van der Waals surface area contributed by atoms with Gasteiger partial charge < -0.3 is 9.73 Å². The molecule has 1 N–H and O–H groups in total. The van der Waals surface area contributed by atoms with Crippen LogP contribution in [0, 0.1) is 0 Å². The average molecular weight is 395 g/mol. The Labute approximate surface area is 157 Å². The van der Waals surface area contributed by atoms with Gasteiger partial charge in [0.05, 0.1) is 11.3 Å². The lowest BCUT2D eigenvalue weighted by Crippen LogP contribution is -2.35. The molecule has 0 bridgehead atoms. The highest BCUT2D eigenvalue weighted by molar-refractivity contribution is 7.89. The molecule has 0 spiro atoms. The number of nitrogens with zero attached hydrogens (tertiary/aromatic N) is 1. The quantitative estimate of drug-likeness (QED) is 0.783. The van der Waals surface area contributed by atoms with E-state index in [1.54, 1.807) is 18.2 Å². The van der Waals surface area contributed by atoms with Crippen LogP contribution >= 0.6 is 11.6 Å². The predicted molar refractivity (Wildman–Crippen MR) is 100 cm³/mol. The number of amides is 1. The molecule has 1 saturated heterocycles. The van der Waals surface area contributed by atoms with Gasteiger partial charge in [-0.05, 0) is 49.2 Å². The van der Waals surface area contributed by atoms with Crippen LogP contribution in [0.25, 0.3) is 6.08 Å². The zero-order valence-electron chi connectivity index (χ0n) is 14.0. The van der Waals surface area contributed by atoms with Crippen LogP contribution in [0.4, 0.5) is 5.69 Å². The van der Waals surface area contributed by atoms with E-state index < -0.39 is 15.9 Å². The SMILES string of the molecule is O=C(C=Cc1ccco1)Nc1ccc(Cl)c(S(=O)(=O)N2CCCCC2)c1. The Balaban J connectivity index is 1.78. The second kappa shape index (κ2) is 8.07. The first-order valence-corrected chi connectivity index (χ1v) is 10.1. The number of nitrogens with one attached hydrogen (secondary N) is 1. The molecule has 1 aromatic heterocycles. The largest absolute Gasteiger partial charge is 0.465 e. The van der Waals surface area contributed by atoms with Gasteiger partial charge in [0.15, 0.2) is 0 Å². The van der Waals surface area contributed by atoms with E-state index in [2.05, 4.69) is 5.32 Å². The Kier molecular flexibility index (Phi) is 5.80. The number of hydrogen-bond donors (Lipinski definition) is 1. The van der Waals surface area contributed by atoms with Gasteiger partial charge >= 0.3 is 0 Å². The van der Waals surface area contributed by atoms with Gasteiger partial charge in [-0.3, -0.25) is 4.79 Å². The first-order valence-electron chi connectivity index (χ1n) is 8.29. The minimum absolute atomic E-state index is 0.00822. The first kappa shape index (κ1) is 18.7. The highest BCUT2D eigenvalue weighted by atomic mass is 35.5. The standard InChI is InChI=1S/C18H19ClN2O4S/c19-16-8-6-14(20-18(22)9-7-15-5-4-12-25-15)13-17(16)26(23,24)21-10-2-1-3-11-21/h4-9,12-13H,1-3,10-11H2,(H,20,22). The lowest BCUT2D eigenvalue weighted by molar-refractivity contribution is -0.111. The number of hydrogen-bond acceptors (Lipinski definition) is 4. The number of rotatable bonds is 5. The maximum absolute atomic E-state index is 12.8. The molecule has 2 aromatic rings. The molecule has 26 heavy (non-hydrogen) atoms.